The first-order valence-corrected chi connectivity index (χ1v) is 7.27. The Morgan fingerprint density at radius 3 is 2.58 bits per heavy atom. The minimum Gasteiger partial charge on any atom is -0.351 e. The number of nitrogens with zero attached hydrogens (tertiary/aromatic N) is 2. The number of carbonyl (C=O) groups excluding carboxylic acids is 2. The second-order valence-corrected chi connectivity index (χ2v) is 5.12. The number of aromatic nitrogens is 1. The van der Waals surface area contributed by atoms with Gasteiger partial charge in [0.05, 0.1) is 15.5 Å². The van der Waals surface area contributed by atoms with Crippen LogP contribution in [0.3, 0.4) is 0 Å². The van der Waals surface area contributed by atoms with Gasteiger partial charge in [-0.25, -0.2) is 0 Å². The maximum Gasteiger partial charge on any atom is 0.270 e. The van der Waals surface area contributed by atoms with Gasteiger partial charge in [-0.3, -0.25) is 24.7 Å². The van der Waals surface area contributed by atoms with Crippen LogP contribution >= 0.6 is 11.6 Å². The van der Waals surface area contributed by atoms with Gasteiger partial charge < -0.3 is 10.6 Å². The van der Waals surface area contributed by atoms with Crippen LogP contribution < -0.4 is 10.6 Å². The molecule has 0 unspecified atom stereocenters. The lowest BCUT2D eigenvalue weighted by Crippen LogP contribution is -2.28. The van der Waals surface area contributed by atoms with Crippen molar-refractivity contribution >= 4 is 34.8 Å². The number of halogens is 1. The lowest BCUT2D eigenvalue weighted by atomic mass is 10.2. The Morgan fingerprint density at radius 1 is 1.21 bits per heavy atom. The third kappa shape index (κ3) is 4.75. The zero-order valence-corrected chi connectivity index (χ0v) is 13.1. The highest BCUT2D eigenvalue weighted by molar-refractivity contribution is 6.33. The van der Waals surface area contributed by atoms with Crippen molar-refractivity contribution in [1.82, 2.24) is 10.3 Å². The van der Waals surface area contributed by atoms with E-state index in [2.05, 4.69) is 15.6 Å². The molecule has 0 saturated heterocycles. The van der Waals surface area contributed by atoms with Gasteiger partial charge in [0.2, 0.25) is 5.91 Å². The first-order valence-electron chi connectivity index (χ1n) is 6.89. The van der Waals surface area contributed by atoms with E-state index in [-0.39, 0.29) is 35.1 Å². The molecule has 124 valence electrons. The van der Waals surface area contributed by atoms with E-state index in [1.807, 2.05) is 0 Å². The molecule has 1 aromatic carbocycles. The number of hydrogen-bond donors (Lipinski definition) is 2. The van der Waals surface area contributed by atoms with Gasteiger partial charge in [0.25, 0.3) is 11.6 Å². The van der Waals surface area contributed by atoms with E-state index in [0.717, 1.165) is 6.07 Å². The molecule has 1 aromatic heterocycles. The summed E-state index contributed by atoms with van der Waals surface area (Å²) in [6, 6.07) is 6.86. The summed E-state index contributed by atoms with van der Waals surface area (Å²) in [6.45, 7) is 0.0643. The predicted molar refractivity (Wildman–Crippen MR) is 87.9 cm³/mol. The number of nitrogens with one attached hydrogen (secondary N) is 2. The Kier molecular flexibility index (Phi) is 5.80. The minimum absolute atomic E-state index is 0.0135. The normalized spacial score (nSPS) is 10.0. The second kappa shape index (κ2) is 8.02. The molecule has 0 saturated carbocycles. The molecule has 2 amide bonds. The van der Waals surface area contributed by atoms with Crippen LogP contribution in [0.1, 0.15) is 16.8 Å². The average molecular weight is 349 g/mol. The summed E-state index contributed by atoms with van der Waals surface area (Å²) in [5.41, 5.74) is 0.350. The number of amides is 2. The van der Waals surface area contributed by atoms with Crippen molar-refractivity contribution in [2.24, 2.45) is 0 Å². The van der Waals surface area contributed by atoms with Gasteiger partial charge in [0.1, 0.15) is 0 Å². The van der Waals surface area contributed by atoms with Crippen molar-refractivity contribution in [3.05, 3.63) is 63.4 Å². The highest BCUT2D eigenvalue weighted by Gasteiger charge is 2.15. The molecular weight excluding hydrogens is 336 g/mol. The molecule has 0 bridgehead atoms. The molecular formula is C15H13ClN4O4. The van der Waals surface area contributed by atoms with E-state index < -0.39 is 10.8 Å². The van der Waals surface area contributed by atoms with Crippen molar-refractivity contribution in [3.8, 4) is 0 Å². The fourth-order valence-electron chi connectivity index (χ4n) is 1.84. The molecule has 24 heavy (non-hydrogen) atoms. The summed E-state index contributed by atoms with van der Waals surface area (Å²) in [4.78, 5) is 37.7. The van der Waals surface area contributed by atoms with Crippen LogP contribution in [-0.4, -0.2) is 28.3 Å². The van der Waals surface area contributed by atoms with E-state index >= 15 is 0 Å². The molecule has 0 atom stereocenters. The highest BCUT2D eigenvalue weighted by Crippen LogP contribution is 2.21. The Bertz CT molecular complexity index is 767. The molecule has 9 heteroatoms. The zero-order valence-electron chi connectivity index (χ0n) is 12.4. The fraction of sp³-hybridized carbons (Fsp3) is 0.133. The van der Waals surface area contributed by atoms with E-state index in [1.165, 1.54) is 12.1 Å². The number of hydrogen-bond acceptors (Lipinski definition) is 5. The highest BCUT2D eigenvalue weighted by atomic mass is 35.5. The van der Waals surface area contributed by atoms with Crippen LogP contribution in [-0.2, 0) is 4.79 Å². The van der Waals surface area contributed by atoms with Crippen molar-refractivity contribution in [2.45, 2.75) is 6.42 Å². The SMILES string of the molecule is O=C(CCNC(=O)c1cc([N+](=O)[O-])ccc1Cl)Nc1ccncc1. The number of carbonyl (C=O) groups is 2. The molecule has 8 nitrogen and oxygen atoms in total. The minimum atomic E-state index is -0.616. The van der Waals surface area contributed by atoms with Crippen LogP contribution in [0.25, 0.3) is 0 Å². The van der Waals surface area contributed by atoms with Gasteiger partial charge in [-0.1, -0.05) is 11.6 Å². The summed E-state index contributed by atoms with van der Waals surface area (Å²) in [7, 11) is 0. The summed E-state index contributed by atoms with van der Waals surface area (Å²) in [6.07, 6.45) is 3.13. The van der Waals surface area contributed by atoms with Gasteiger partial charge in [-0.15, -0.1) is 0 Å². The van der Waals surface area contributed by atoms with Crippen molar-refractivity contribution in [3.63, 3.8) is 0 Å². The quantitative estimate of drug-likeness (QED) is 0.614. The molecule has 0 fully saturated rings. The van der Waals surface area contributed by atoms with E-state index in [1.54, 1.807) is 24.5 Å². The Morgan fingerprint density at radius 2 is 1.92 bits per heavy atom. The number of rotatable bonds is 6. The number of nitro groups is 1. The maximum absolute atomic E-state index is 12.0. The van der Waals surface area contributed by atoms with Crippen LogP contribution in [0.4, 0.5) is 11.4 Å². The standard InChI is InChI=1S/C15H13ClN4O4/c16-13-2-1-11(20(23)24)9-12(13)15(22)18-8-5-14(21)19-10-3-6-17-7-4-10/h1-4,6-7,9H,5,8H2,(H,18,22)(H,17,19,21). The maximum atomic E-state index is 12.0. The monoisotopic (exact) mass is 348 g/mol. The van der Waals surface area contributed by atoms with Crippen LogP contribution in [0, 0.1) is 10.1 Å². The van der Waals surface area contributed by atoms with Crippen LogP contribution in [0.2, 0.25) is 5.02 Å². The van der Waals surface area contributed by atoms with Crippen molar-refractivity contribution in [2.75, 3.05) is 11.9 Å². The smallest absolute Gasteiger partial charge is 0.270 e. The third-order valence-electron chi connectivity index (χ3n) is 3.01. The fourth-order valence-corrected chi connectivity index (χ4v) is 2.05. The Hall–Kier alpha value is -3.00. The van der Waals surface area contributed by atoms with Crippen molar-refractivity contribution < 1.29 is 14.5 Å². The summed E-state index contributed by atoms with van der Waals surface area (Å²) in [5, 5.41) is 16.0. The summed E-state index contributed by atoms with van der Waals surface area (Å²) < 4.78 is 0. The first-order chi connectivity index (χ1) is 11.5. The van der Waals surface area contributed by atoms with Crippen LogP contribution in [0.15, 0.2) is 42.7 Å². The first kappa shape index (κ1) is 17.4. The number of pyridine rings is 1. The van der Waals surface area contributed by atoms with Gasteiger partial charge in [-0.05, 0) is 18.2 Å². The Balaban J connectivity index is 1.88. The average Bonchev–Trinajstić information content (AvgIpc) is 2.55. The number of benzene rings is 1. The number of nitro benzene ring substituents is 1. The largest absolute Gasteiger partial charge is 0.351 e. The van der Waals surface area contributed by atoms with E-state index in [4.69, 9.17) is 11.6 Å². The summed E-state index contributed by atoms with van der Waals surface area (Å²) in [5.74, 6) is -0.868. The van der Waals surface area contributed by atoms with Crippen LogP contribution in [0.5, 0.6) is 0 Å². The Labute approximate surface area is 142 Å². The van der Waals surface area contributed by atoms with Gasteiger partial charge >= 0.3 is 0 Å². The third-order valence-corrected chi connectivity index (χ3v) is 3.34. The molecule has 0 radical (unpaired) electrons. The molecule has 2 rings (SSSR count). The lowest BCUT2D eigenvalue weighted by molar-refractivity contribution is -0.384. The molecule has 2 aromatic rings. The topological polar surface area (TPSA) is 114 Å². The molecule has 0 spiro atoms. The van der Waals surface area contributed by atoms with E-state index in [9.17, 15) is 19.7 Å². The van der Waals surface area contributed by atoms with Gasteiger partial charge in [0.15, 0.2) is 0 Å². The molecule has 1 heterocycles. The van der Waals surface area contributed by atoms with Gasteiger partial charge in [0, 0.05) is 43.2 Å². The molecule has 0 aliphatic rings. The van der Waals surface area contributed by atoms with Crippen molar-refractivity contribution in [1.29, 1.82) is 0 Å². The number of anilines is 1. The molecule has 0 aliphatic carbocycles. The molecule has 0 aliphatic heterocycles. The zero-order chi connectivity index (χ0) is 17.5. The van der Waals surface area contributed by atoms with E-state index in [0.29, 0.717) is 5.69 Å². The summed E-state index contributed by atoms with van der Waals surface area (Å²) >= 11 is 5.88. The lowest BCUT2D eigenvalue weighted by Gasteiger charge is -2.07. The molecule has 2 N–H and O–H groups in total. The second-order valence-electron chi connectivity index (χ2n) is 4.71. The number of non-ortho nitro benzene ring substituents is 1. The predicted octanol–water partition coefficient (Wildman–Crippen LogP) is 2.40. The van der Waals surface area contributed by atoms with Gasteiger partial charge in [-0.2, -0.15) is 0 Å².